The first-order chi connectivity index (χ1) is 9.72. The summed E-state index contributed by atoms with van der Waals surface area (Å²) in [5, 5.41) is 0. The van der Waals surface area contributed by atoms with Gasteiger partial charge in [-0.1, -0.05) is 6.07 Å². The quantitative estimate of drug-likeness (QED) is 0.598. The predicted octanol–water partition coefficient (Wildman–Crippen LogP) is 0.940. The fourth-order valence-corrected chi connectivity index (χ4v) is 1.79. The lowest BCUT2D eigenvalue weighted by Gasteiger charge is -2.19. The van der Waals surface area contributed by atoms with Gasteiger partial charge in [0.05, 0.1) is 0 Å². The van der Waals surface area contributed by atoms with Crippen LogP contribution >= 0.6 is 0 Å². The average molecular weight is 274 g/mol. The van der Waals surface area contributed by atoms with E-state index in [1.54, 1.807) is 19.4 Å². The molecule has 0 aliphatic rings. The lowest BCUT2D eigenvalue weighted by Crippen LogP contribution is -2.20. The molecular formula is C13H18N6O. The van der Waals surface area contributed by atoms with Crippen LogP contribution in [0.5, 0.6) is 0 Å². The van der Waals surface area contributed by atoms with Crippen LogP contribution in [0.2, 0.25) is 0 Å². The fraction of sp³-hybridized carbons (Fsp3) is 0.308. The Morgan fingerprint density at radius 2 is 2.25 bits per heavy atom. The van der Waals surface area contributed by atoms with Crippen LogP contribution in [-0.4, -0.2) is 29.1 Å². The predicted molar refractivity (Wildman–Crippen MR) is 76.9 cm³/mol. The summed E-state index contributed by atoms with van der Waals surface area (Å²) in [6, 6.07) is 5.71. The lowest BCUT2D eigenvalue weighted by atomic mass is 10.2. The molecule has 0 fully saturated rings. The zero-order valence-electron chi connectivity index (χ0n) is 11.6. The van der Waals surface area contributed by atoms with Crippen molar-refractivity contribution in [2.75, 3.05) is 24.5 Å². The van der Waals surface area contributed by atoms with Gasteiger partial charge in [-0.05, 0) is 11.6 Å². The van der Waals surface area contributed by atoms with Crippen molar-refractivity contribution in [1.82, 2.24) is 15.0 Å². The molecule has 3 N–H and O–H groups in total. The van der Waals surface area contributed by atoms with Gasteiger partial charge in [-0.15, -0.1) is 0 Å². The van der Waals surface area contributed by atoms with Crippen LogP contribution in [0.1, 0.15) is 11.4 Å². The molecule has 0 radical (unpaired) electrons. The van der Waals surface area contributed by atoms with Crippen molar-refractivity contribution in [3.8, 4) is 0 Å². The Morgan fingerprint density at radius 1 is 1.40 bits per heavy atom. The maximum absolute atomic E-state index is 5.43. The molecule has 0 unspecified atom stereocenters. The highest BCUT2D eigenvalue weighted by Crippen LogP contribution is 2.16. The summed E-state index contributed by atoms with van der Waals surface area (Å²) < 4.78 is 5.06. The van der Waals surface area contributed by atoms with Gasteiger partial charge in [0.15, 0.2) is 5.82 Å². The normalized spacial score (nSPS) is 10.3. The molecule has 0 amide bonds. The van der Waals surface area contributed by atoms with Crippen molar-refractivity contribution in [2.24, 2.45) is 5.84 Å². The minimum atomic E-state index is 0.337. The molecule has 0 bridgehead atoms. The van der Waals surface area contributed by atoms with Gasteiger partial charge >= 0.3 is 0 Å². The zero-order chi connectivity index (χ0) is 14.4. The summed E-state index contributed by atoms with van der Waals surface area (Å²) in [6.45, 7) is 1.03. The number of pyridine rings is 1. The van der Waals surface area contributed by atoms with E-state index < -0.39 is 0 Å². The smallest absolute Gasteiger partial charge is 0.158 e. The van der Waals surface area contributed by atoms with Crippen molar-refractivity contribution < 1.29 is 4.74 Å². The van der Waals surface area contributed by atoms with Crippen LogP contribution in [0.3, 0.4) is 0 Å². The first kappa shape index (κ1) is 14.2. The number of nitrogens with one attached hydrogen (secondary N) is 1. The Bertz CT molecular complexity index is 548. The number of hydrazine groups is 1. The summed E-state index contributed by atoms with van der Waals surface area (Å²) in [4.78, 5) is 14.8. The third-order valence-electron chi connectivity index (χ3n) is 2.71. The van der Waals surface area contributed by atoms with Gasteiger partial charge in [-0.2, -0.15) is 0 Å². The van der Waals surface area contributed by atoms with E-state index in [1.807, 2.05) is 30.3 Å². The molecule has 20 heavy (non-hydrogen) atoms. The molecule has 0 aliphatic heterocycles. The summed E-state index contributed by atoms with van der Waals surface area (Å²) in [7, 11) is 3.55. The Kier molecular flexibility index (Phi) is 4.80. The maximum atomic E-state index is 5.43. The summed E-state index contributed by atoms with van der Waals surface area (Å²) in [5.74, 6) is 7.33. The Balaban J connectivity index is 2.19. The number of methoxy groups -OCH3 is 1. The SMILES string of the molecule is COCc1nc(NN)cc(N(C)Cc2cccnc2)n1. The van der Waals surface area contributed by atoms with Gasteiger partial charge in [0.2, 0.25) is 0 Å². The second-order valence-corrected chi connectivity index (χ2v) is 4.32. The van der Waals surface area contributed by atoms with Crippen molar-refractivity contribution in [3.63, 3.8) is 0 Å². The van der Waals surface area contributed by atoms with Crippen LogP contribution in [0, 0.1) is 0 Å². The molecule has 0 aliphatic carbocycles. The van der Waals surface area contributed by atoms with Gasteiger partial charge in [-0.3, -0.25) is 4.98 Å². The first-order valence-electron chi connectivity index (χ1n) is 6.16. The molecule has 0 atom stereocenters. The minimum absolute atomic E-state index is 0.337. The number of hydrogen-bond donors (Lipinski definition) is 2. The largest absolute Gasteiger partial charge is 0.377 e. The molecule has 2 aromatic rings. The molecule has 7 heteroatoms. The van der Waals surface area contributed by atoms with E-state index in [1.165, 1.54) is 0 Å². The van der Waals surface area contributed by atoms with Crippen molar-refractivity contribution in [3.05, 3.63) is 42.0 Å². The van der Waals surface area contributed by atoms with Gasteiger partial charge in [0.25, 0.3) is 0 Å². The summed E-state index contributed by atoms with van der Waals surface area (Å²) in [6.07, 6.45) is 3.58. The standard InChI is InChI=1S/C13H18N6O/c1-19(8-10-4-3-5-15-7-10)13-6-11(18-14)16-12(17-13)9-20-2/h3-7H,8-9,14H2,1-2H3,(H,16,17,18). The van der Waals surface area contributed by atoms with Gasteiger partial charge in [-0.25, -0.2) is 15.8 Å². The monoisotopic (exact) mass is 274 g/mol. The molecule has 0 saturated heterocycles. The Morgan fingerprint density at radius 3 is 2.90 bits per heavy atom. The van der Waals surface area contributed by atoms with Gasteiger partial charge < -0.3 is 15.1 Å². The van der Waals surface area contributed by atoms with Crippen LogP contribution < -0.4 is 16.2 Å². The van der Waals surface area contributed by atoms with E-state index in [-0.39, 0.29) is 0 Å². The highest BCUT2D eigenvalue weighted by Gasteiger charge is 2.08. The summed E-state index contributed by atoms with van der Waals surface area (Å²) in [5.41, 5.74) is 3.64. The van der Waals surface area contributed by atoms with Crippen LogP contribution in [0.15, 0.2) is 30.6 Å². The Labute approximate surface area is 117 Å². The third kappa shape index (κ3) is 3.62. The number of nitrogen functional groups attached to an aromatic ring is 1. The number of anilines is 2. The molecular weight excluding hydrogens is 256 g/mol. The van der Waals surface area contributed by atoms with E-state index in [2.05, 4.69) is 20.4 Å². The maximum Gasteiger partial charge on any atom is 0.158 e. The van der Waals surface area contributed by atoms with Crippen LogP contribution in [-0.2, 0) is 17.9 Å². The molecule has 0 spiro atoms. The number of nitrogens with two attached hydrogens (primary N) is 1. The zero-order valence-corrected chi connectivity index (χ0v) is 11.6. The third-order valence-corrected chi connectivity index (χ3v) is 2.71. The molecule has 2 rings (SSSR count). The average Bonchev–Trinajstić information content (AvgIpc) is 2.48. The van der Waals surface area contributed by atoms with Crippen molar-refractivity contribution in [2.45, 2.75) is 13.2 Å². The minimum Gasteiger partial charge on any atom is -0.377 e. The van der Waals surface area contributed by atoms with E-state index in [9.17, 15) is 0 Å². The fourth-order valence-electron chi connectivity index (χ4n) is 1.79. The van der Waals surface area contributed by atoms with E-state index in [0.29, 0.717) is 24.8 Å². The van der Waals surface area contributed by atoms with E-state index >= 15 is 0 Å². The van der Waals surface area contributed by atoms with Gasteiger partial charge in [0.1, 0.15) is 18.2 Å². The second kappa shape index (κ2) is 6.78. The number of hydrogen-bond acceptors (Lipinski definition) is 7. The van der Waals surface area contributed by atoms with Crippen LogP contribution in [0.25, 0.3) is 0 Å². The topological polar surface area (TPSA) is 89.2 Å². The number of rotatable bonds is 6. The van der Waals surface area contributed by atoms with Gasteiger partial charge in [0, 0.05) is 39.2 Å². The Hall–Kier alpha value is -2.25. The van der Waals surface area contributed by atoms with Crippen molar-refractivity contribution in [1.29, 1.82) is 0 Å². The number of ether oxygens (including phenoxy) is 1. The molecule has 0 aromatic carbocycles. The lowest BCUT2D eigenvalue weighted by molar-refractivity contribution is 0.178. The number of aromatic nitrogens is 3. The molecule has 106 valence electrons. The molecule has 2 aromatic heterocycles. The van der Waals surface area contributed by atoms with E-state index in [4.69, 9.17) is 10.6 Å². The molecule has 0 saturated carbocycles. The first-order valence-corrected chi connectivity index (χ1v) is 6.16. The number of nitrogens with zero attached hydrogens (tertiary/aromatic N) is 4. The van der Waals surface area contributed by atoms with Crippen molar-refractivity contribution >= 4 is 11.6 Å². The molecule has 2 heterocycles. The molecule has 7 nitrogen and oxygen atoms in total. The van der Waals surface area contributed by atoms with E-state index in [0.717, 1.165) is 11.4 Å². The highest BCUT2D eigenvalue weighted by molar-refractivity contribution is 5.48. The second-order valence-electron chi connectivity index (χ2n) is 4.32. The summed E-state index contributed by atoms with van der Waals surface area (Å²) >= 11 is 0. The van der Waals surface area contributed by atoms with Crippen LogP contribution in [0.4, 0.5) is 11.6 Å². The highest BCUT2D eigenvalue weighted by atomic mass is 16.5.